The van der Waals surface area contributed by atoms with Crippen molar-refractivity contribution in [3.05, 3.63) is 58.0 Å². The third-order valence-electron chi connectivity index (χ3n) is 14.0. The Kier molecular flexibility index (Phi) is 15.1. The topological polar surface area (TPSA) is 205 Å². The van der Waals surface area contributed by atoms with Gasteiger partial charge in [-0.2, -0.15) is 21.6 Å². The fraction of sp³-hybridized carbons (Fsp3) is 0.571. The van der Waals surface area contributed by atoms with Crippen molar-refractivity contribution < 1.29 is 56.1 Å². The van der Waals surface area contributed by atoms with Crippen molar-refractivity contribution in [1.82, 2.24) is 15.0 Å². The zero-order valence-corrected chi connectivity index (χ0v) is 48.1. The zero-order chi connectivity index (χ0) is 53.7. The van der Waals surface area contributed by atoms with Gasteiger partial charge in [0, 0.05) is 41.2 Å². The second-order valence-electron chi connectivity index (χ2n) is 22.6. The van der Waals surface area contributed by atoms with E-state index in [-0.39, 0.29) is 31.0 Å². The molecule has 6 heterocycles. The van der Waals surface area contributed by atoms with Crippen LogP contribution in [0.2, 0.25) is 0 Å². The normalized spacial score (nSPS) is 19.2. The SMILES string of the molecule is CC(C)(C)C1CCc2nc3sc(S(C)(=O)=O)c(O)c3cc2C1.CC(C)(C)C1CCc2nc3sc(S(C)(=O)=O)c(OS(=O)(=O)C(F)(F)F)c3cc2C1.CC(C)(C)C1CCc2nc3sc(S(C)(=O)=O)cc3cc2C1. The van der Waals surface area contributed by atoms with Crippen LogP contribution in [0.5, 0.6) is 11.5 Å². The van der Waals surface area contributed by atoms with Crippen LogP contribution in [-0.2, 0) is 78.2 Å². The first kappa shape index (κ1) is 56.3. The number of aromatic nitrogens is 3. The predicted molar refractivity (Wildman–Crippen MR) is 280 cm³/mol. The van der Waals surface area contributed by atoms with E-state index in [1.165, 1.54) is 35.6 Å². The van der Waals surface area contributed by atoms with E-state index in [9.17, 15) is 51.9 Å². The predicted octanol–water partition coefficient (Wildman–Crippen LogP) is 11.5. The van der Waals surface area contributed by atoms with Crippen LogP contribution in [0.15, 0.2) is 36.9 Å². The maximum atomic E-state index is 12.8. The molecule has 0 saturated heterocycles. The average Bonchev–Trinajstić information content (AvgIpc) is 3.92. The highest BCUT2D eigenvalue weighted by Crippen LogP contribution is 2.47. The number of pyridine rings is 3. The lowest BCUT2D eigenvalue weighted by Gasteiger charge is -2.34. The number of nitrogens with zero attached hydrogens (tertiary/aromatic N) is 3. The quantitative estimate of drug-likeness (QED) is 0.126. The first-order valence-corrected chi connectivity index (χ1v) is 32.9. The molecule has 3 aliphatic rings. The standard InChI is InChI=1S/C17H20F3NO5S3.C16H21NO3S2.C16H21NO2S2/c1-16(2,3)10-5-6-12-9(7-10)8-11-13(26-29(24,25)17(18,19)20)15(28(4,22)23)27-14(11)21-12;1-16(2,3)10-5-6-12-9(7-10)8-11-13(18)15(22(4,19)20)21-14(11)17-12;1-16(2,3)12-5-6-13-10(8-12)7-11-9-14(21(4,18)19)20-15(11)17-13/h8,10H,5-7H2,1-4H3;8,10,18H,5-7H2,1-4H3;7,9,12H,5-6,8H2,1-4H3. The van der Waals surface area contributed by atoms with Crippen molar-refractivity contribution in [2.45, 2.75) is 138 Å². The number of fused-ring (bicyclic) bond motifs is 6. The van der Waals surface area contributed by atoms with E-state index < -0.39 is 55.1 Å². The number of thiophene rings is 3. The number of alkyl halides is 3. The molecule has 6 aromatic rings. The lowest BCUT2D eigenvalue weighted by atomic mass is 9.71. The van der Waals surface area contributed by atoms with Crippen LogP contribution in [-0.4, -0.2) is 78.0 Å². The number of hydrogen-bond acceptors (Lipinski definition) is 16. The highest BCUT2D eigenvalue weighted by Gasteiger charge is 2.50. The Bertz CT molecular complexity index is 3560. The van der Waals surface area contributed by atoms with Crippen molar-refractivity contribution in [1.29, 1.82) is 0 Å². The Labute approximate surface area is 432 Å². The highest BCUT2D eigenvalue weighted by molar-refractivity contribution is 7.93. The average molecular weight is 1130 g/mol. The Morgan fingerprint density at radius 2 is 0.931 bits per heavy atom. The molecular formula is C49H62F3N3O10S7. The van der Waals surface area contributed by atoms with E-state index in [2.05, 4.69) is 82.5 Å². The molecule has 0 bridgehead atoms. The number of rotatable bonds is 5. The molecule has 3 atom stereocenters. The molecule has 0 radical (unpaired) electrons. The van der Waals surface area contributed by atoms with Crippen LogP contribution in [0.4, 0.5) is 13.2 Å². The van der Waals surface area contributed by atoms with Crippen molar-refractivity contribution in [3.63, 3.8) is 0 Å². The summed E-state index contributed by atoms with van der Waals surface area (Å²) in [5.41, 5.74) is 1.01. The van der Waals surface area contributed by atoms with Gasteiger partial charge in [-0.25, -0.2) is 40.2 Å². The molecule has 1 N–H and O–H groups in total. The van der Waals surface area contributed by atoms with E-state index in [0.29, 0.717) is 61.8 Å². The molecule has 0 fully saturated rings. The maximum Gasteiger partial charge on any atom is 0.534 e. The van der Waals surface area contributed by atoms with Gasteiger partial charge in [-0.1, -0.05) is 85.0 Å². The summed E-state index contributed by atoms with van der Waals surface area (Å²) >= 11 is 2.95. The van der Waals surface area contributed by atoms with E-state index >= 15 is 0 Å². The fourth-order valence-electron chi connectivity index (χ4n) is 9.50. The number of hydrogen-bond donors (Lipinski definition) is 1. The molecule has 0 amide bonds. The fourth-order valence-corrected chi connectivity index (χ4v) is 16.3. The summed E-state index contributed by atoms with van der Waals surface area (Å²) in [7, 11) is -16.7. The Morgan fingerprint density at radius 1 is 0.542 bits per heavy atom. The molecule has 0 aromatic carbocycles. The summed E-state index contributed by atoms with van der Waals surface area (Å²) in [4.78, 5) is 15.4. The second kappa shape index (κ2) is 19.3. The van der Waals surface area contributed by atoms with Crippen LogP contribution in [0.3, 0.4) is 0 Å². The summed E-state index contributed by atoms with van der Waals surface area (Å²) in [5.74, 6) is 0.561. The molecule has 72 heavy (non-hydrogen) atoms. The molecule has 23 heteroatoms. The van der Waals surface area contributed by atoms with E-state index in [4.69, 9.17) is 4.98 Å². The van der Waals surface area contributed by atoms with Crippen molar-refractivity contribution in [2.24, 2.45) is 34.0 Å². The lowest BCUT2D eigenvalue weighted by molar-refractivity contribution is -0.0500. The van der Waals surface area contributed by atoms with Gasteiger partial charge < -0.3 is 9.29 Å². The first-order chi connectivity index (χ1) is 32.7. The molecule has 396 valence electrons. The largest absolute Gasteiger partial charge is 0.534 e. The van der Waals surface area contributed by atoms with Gasteiger partial charge in [0.2, 0.25) is 0 Å². The third-order valence-corrected chi connectivity index (χ3v) is 23.6. The van der Waals surface area contributed by atoms with Crippen molar-refractivity contribution >= 4 is 104 Å². The minimum atomic E-state index is -6.04. The van der Waals surface area contributed by atoms with Gasteiger partial charge >= 0.3 is 15.6 Å². The van der Waals surface area contributed by atoms with Gasteiger partial charge in [0.05, 0.1) is 10.8 Å². The second-order valence-corrected chi connectivity index (χ2v) is 33.9. The van der Waals surface area contributed by atoms with E-state index in [1.807, 2.05) is 6.07 Å². The Hall–Kier alpha value is -3.48. The Morgan fingerprint density at radius 3 is 1.33 bits per heavy atom. The third kappa shape index (κ3) is 12.1. The summed E-state index contributed by atoms with van der Waals surface area (Å²) in [5, 5.41) is 11.7. The number of aryl methyl sites for hydroxylation is 3. The first-order valence-electron chi connectivity index (χ1n) is 23.3. The highest BCUT2D eigenvalue weighted by atomic mass is 32.2. The maximum absolute atomic E-state index is 12.8. The molecular weight excluding hydrogens is 1070 g/mol. The summed E-state index contributed by atoms with van der Waals surface area (Å²) in [6.07, 6.45) is 11.5. The van der Waals surface area contributed by atoms with Gasteiger partial charge in [0.15, 0.2) is 49.4 Å². The van der Waals surface area contributed by atoms with E-state index in [1.54, 1.807) is 6.07 Å². The molecule has 3 unspecified atom stereocenters. The monoisotopic (exact) mass is 1130 g/mol. The van der Waals surface area contributed by atoms with Gasteiger partial charge in [0.1, 0.15) is 18.7 Å². The lowest BCUT2D eigenvalue weighted by Crippen LogP contribution is -2.28. The molecule has 3 aliphatic carbocycles. The van der Waals surface area contributed by atoms with Crippen LogP contribution in [0, 0.1) is 34.0 Å². The minimum absolute atomic E-state index is 0.00182. The Balaban J connectivity index is 0.000000161. The number of sulfone groups is 3. The molecule has 0 aliphatic heterocycles. The molecule has 13 nitrogen and oxygen atoms in total. The van der Waals surface area contributed by atoms with Gasteiger partial charge in [-0.3, -0.25) is 0 Å². The number of aromatic hydroxyl groups is 1. The van der Waals surface area contributed by atoms with Crippen LogP contribution in [0.1, 0.15) is 115 Å². The molecule has 6 aromatic heterocycles. The minimum Gasteiger partial charge on any atom is -0.505 e. The van der Waals surface area contributed by atoms with Crippen LogP contribution >= 0.6 is 34.0 Å². The molecule has 0 spiro atoms. The van der Waals surface area contributed by atoms with Crippen LogP contribution in [0.25, 0.3) is 30.6 Å². The van der Waals surface area contributed by atoms with Gasteiger partial charge in [0.25, 0.3) is 0 Å². The van der Waals surface area contributed by atoms with E-state index in [0.717, 1.165) is 101 Å². The summed E-state index contributed by atoms with van der Waals surface area (Å²) in [6.45, 7) is 19.9. The van der Waals surface area contributed by atoms with Crippen molar-refractivity contribution in [2.75, 3.05) is 18.8 Å². The summed E-state index contributed by atoms with van der Waals surface area (Å²) < 4.78 is 137. The van der Waals surface area contributed by atoms with Crippen molar-refractivity contribution in [3.8, 4) is 11.5 Å². The van der Waals surface area contributed by atoms with Gasteiger partial charge in [-0.05, 0) is 133 Å². The van der Waals surface area contributed by atoms with Gasteiger partial charge in [-0.15, -0.1) is 11.3 Å². The molecule has 9 rings (SSSR count). The zero-order valence-electron chi connectivity index (χ0n) is 42.4. The number of halogens is 3. The smallest absolute Gasteiger partial charge is 0.505 e. The summed E-state index contributed by atoms with van der Waals surface area (Å²) in [6, 6.07) is 7.38. The molecule has 0 saturated carbocycles. The van der Waals surface area contributed by atoms with Crippen LogP contribution < -0.4 is 4.18 Å².